The second-order valence-electron chi connectivity index (χ2n) is 16.7. The van der Waals surface area contributed by atoms with Crippen LogP contribution in [0.4, 0.5) is 0 Å². The lowest BCUT2D eigenvalue weighted by Crippen LogP contribution is -2.30. The van der Waals surface area contributed by atoms with Gasteiger partial charge in [0.1, 0.15) is 13.2 Å². The number of allylic oxidation sites excluding steroid dienone is 6. The zero-order valence-electron chi connectivity index (χ0n) is 38.6. The molecule has 0 aliphatic carbocycles. The molecule has 338 valence electrons. The maximum Gasteiger partial charge on any atom is 0.306 e. The highest BCUT2D eigenvalue weighted by molar-refractivity contribution is 5.71. The van der Waals surface area contributed by atoms with Crippen LogP contribution in [0.1, 0.15) is 258 Å². The van der Waals surface area contributed by atoms with E-state index in [1.165, 1.54) is 109 Å². The highest BCUT2D eigenvalue weighted by Crippen LogP contribution is 2.16. The molecular formula is C52H94O6. The zero-order valence-corrected chi connectivity index (χ0v) is 38.6. The Hall–Kier alpha value is -2.37. The molecule has 0 N–H and O–H groups in total. The maximum atomic E-state index is 12.7. The Morgan fingerprint density at radius 3 is 1.10 bits per heavy atom. The number of carbonyl (C=O) groups excluding carboxylic acids is 3. The number of carbonyl (C=O) groups is 3. The second-order valence-corrected chi connectivity index (χ2v) is 16.7. The summed E-state index contributed by atoms with van der Waals surface area (Å²) in [6.45, 7) is 6.48. The summed E-state index contributed by atoms with van der Waals surface area (Å²) >= 11 is 0. The Morgan fingerprint density at radius 1 is 0.362 bits per heavy atom. The number of rotatable bonds is 45. The van der Waals surface area contributed by atoms with Gasteiger partial charge < -0.3 is 14.2 Å². The third-order valence-electron chi connectivity index (χ3n) is 10.9. The van der Waals surface area contributed by atoms with Crippen molar-refractivity contribution in [3.05, 3.63) is 36.5 Å². The summed E-state index contributed by atoms with van der Waals surface area (Å²) in [4.78, 5) is 37.8. The largest absolute Gasteiger partial charge is 0.462 e. The minimum Gasteiger partial charge on any atom is -0.462 e. The lowest BCUT2D eigenvalue weighted by atomic mass is 10.0. The van der Waals surface area contributed by atoms with Crippen molar-refractivity contribution in [1.82, 2.24) is 0 Å². The highest BCUT2D eigenvalue weighted by atomic mass is 16.6. The van der Waals surface area contributed by atoms with E-state index >= 15 is 0 Å². The molecular weight excluding hydrogens is 721 g/mol. The monoisotopic (exact) mass is 815 g/mol. The smallest absolute Gasteiger partial charge is 0.306 e. The molecule has 58 heavy (non-hydrogen) atoms. The summed E-state index contributed by atoms with van der Waals surface area (Å²) in [6, 6.07) is 0. The molecule has 0 bridgehead atoms. The maximum absolute atomic E-state index is 12.7. The number of hydrogen-bond donors (Lipinski definition) is 0. The van der Waals surface area contributed by atoms with Crippen molar-refractivity contribution in [2.75, 3.05) is 13.2 Å². The van der Waals surface area contributed by atoms with Gasteiger partial charge in [0.05, 0.1) is 0 Å². The molecule has 0 aliphatic rings. The minimum absolute atomic E-state index is 0.0789. The van der Waals surface area contributed by atoms with Crippen molar-refractivity contribution in [3.8, 4) is 0 Å². The summed E-state index contributed by atoms with van der Waals surface area (Å²) < 4.78 is 16.7. The molecule has 0 fully saturated rings. The molecule has 0 aromatic heterocycles. The van der Waals surface area contributed by atoms with E-state index in [4.69, 9.17) is 14.2 Å². The van der Waals surface area contributed by atoms with Crippen LogP contribution in [-0.2, 0) is 28.6 Å². The molecule has 1 unspecified atom stereocenters. The van der Waals surface area contributed by atoms with E-state index in [-0.39, 0.29) is 31.1 Å². The summed E-state index contributed by atoms with van der Waals surface area (Å²) in [5.74, 6) is -0.901. The number of esters is 3. The van der Waals surface area contributed by atoms with Crippen molar-refractivity contribution in [2.45, 2.75) is 264 Å². The highest BCUT2D eigenvalue weighted by Gasteiger charge is 2.19. The fourth-order valence-electron chi connectivity index (χ4n) is 7.11. The van der Waals surface area contributed by atoms with Gasteiger partial charge in [0.15, 0.2) is 6.10 Å². The Bertz CT molecular complexity index is 984. The summed E-state index contributed by atoms with van der Waals surface area (Å²) in [7, 11) is 0. The third-order valence-corrected chi connectivity index (χ3v) is 10.9. The van der Waals surface area contributed by atoms with E-state index in [9.17, 15) is 14.4 Å². The Labute approximate surface area is 359 Å². The molecule has 0 aromatic rings. The molecule has 6 nitrogen and oxygen atoms in total. The molecule has 0 rings (SSSR count). The van der Waals surface area contributed by atoms with E-state index in [1.807, 2.05) is 0 Å². The van der Waals surface area contributed by atoms with E-state index in [1.54, 1.807) is 0 Å². The fourth-order valence-corrected chi connectivity index (χ4v) is 7.11. The predicted octanol–water partition coefficient (Wildman–Crippen LogP) is 16.1. The third kappa shape index (κ3) is 44.7. The fraction of sp³-hybridized carbons (Fsp3) is 0.827. The normalized spacial score (nSPS) is 12.3. The quantitative estimate of drug-likeness (QED) is 0.0264. The average molecular weight is 815 g/mol. The SMILES string of the molecule is CC/C=C\C/C=C\CCCCCCCC(=O)OC(COC(=O)CCCCCC/C=C\CCCC)COC(=O)CCCCCCCCCCCCCCCCCCCC. The van der Waals surface area contributed by atoms with Gasteiger partial charge in [0.2, 0.25) is 0 Å². The molecule has 6 heteroatoms. The standard InChI is InChI=1S/C52H94O6/c1-4-7-10-13-16-19-22-24-25-26-27-28-29-31-33-36-39-42-45-51(54)57-48-49(47-56-50(53)44-41-38-35-32-21-18-15-12-9-6-3)58-52(55)46-43-40-37-34-30-23-20-17-14-11-8-5-2/h8,11,15,17-18,20,49H,4-7,9-10,12-14,16,19,21-48H2,1-3H3/b11-8-,18-15-,20-17-. The lowest BCUT2D eigenvalue weighted by molar-refractivity contribution is -0.167. The van der Waals surface area contributed by atoms with Crippen molar-refractivity contribution in [2.24, 2.45) is 0 Å². The van der Waals surface area contributed by atoms with Crippen molar-refractivity contribution >= 4 is 17.9 Å². The van der Waals surface area contributed by atoms with Gasteiger partial charge in [-0.3, -0.25) is 14.4 Å². The van der Waals surface area contributed by atoms with Crippen LogP contribution in [0.5, 0.6) is 0 Å². The second kappa shape index (κ2) is 47.3. The minimum atomic E-state index is -0.779. The van der Waals surface area contributed by atoms with Crippen LogP contribution in [0.15, 0.2) is 36.5 Å². The van der Waals surface area contributed by atoms with Gasteiger partial charge in [-0.05, 0) is 64.2 Å². The first-order valence-electron chi connectivity index (χ1n) is 25.0. The number of hydrogen-bond acceptors (Lipinski definition) is 6. The van der Waals surface area contributed by atoms with Gasteiger partial charge >= 0.3 is 17.9 Å². The molecule has 0 heterocycles. The molecule has 0 aliphatic heterocycles. The topological polar surface area (TPSA) is 78.9 Å². The molecule has 0 aromatic carbocycles. The predicted molar refractivity (Wildman–Crippen MR) is 247 cm³/mol. The zero-order chi connectivity index (χ0) is 42.3. The van der Waals surface area contributed by atoms with Gasteiger partial charge in [0.25, 0.3) is 0 Å². The van der Waals surface area contributed by atoms with Gasteiger partial charge in [-0.1, -0.05) is 211 Å². The molecule has 0 saturated carbocycles. The summed E-state index contributed by atoms with van der Waals surface area (Å²) in [6.07, 6.45) is 54.2. The van der Waals surface area contributed by atoms with Crippen molar-refractivity contribution in [3.63, 3.8) is 0 Å². The molecule has 0 saturated heterocycles. The van der Waals surface area contributed by atoms with Crippen LogP contribution in [0.3, 0.4) is 0 Å². The van der Waals surface area contributed by atoms with Crippen LogP contribution < -0.4 is 0 Å². The first kappa shape index (κ1) is 55.6. The van der Waals surface area contributed by atoms with E-state index < -0.39 is 6.10 Å². The van der Waals surface area contributed by atoms with E-state index in [0.717, 1.165) is 109 Å². The van der Waals surface area contributed by atoms with Crippen LogP contribution in [0.2, 0.25) is 0 Å². The first-order valence-corrected chi connectivity index (χ1v) is 25.0. The van der Waals surface area contributed by atoms with Gasteiger partial charge in [0, 0.05) is 19.3 Å². The lowest BCUT2D eigenvalue weighted by Gasteiger charge is -2.18. The van der Waals surface area contributed by atoms with Crippen LogP contribution in [-0.4, -0.2) is 37.2 Å². The number of ether oxygens (including phenoxy) is 3. The van der Waals surface area contributed by atoms with Gasteiger partial charge in [-0.25, -0.2) is 0 Å². The van der Waals surface area contributed by atoms with Gasteiger partial charge in [-0.2, -0.15) is 0 Å². The van der Waals surface area contributed by atoms with Crippen LogP contribution in [0.25, 0.3) is 0 Å². The molecule has 0 radical (unpaired) electrons. The average Bonchev–Trinajstić information content (AvgIpc) is 3.22. The molecule has 1 atom stereocenters. The van der Waals surface area contributed by atoms with Gasteiger partial charge in [-0.15, -0.1) is 0 Å². The Kier molecular flexibility index (Phi) is 45.4. The number of unbranched alkanes of at least 4 members (excludes halogenated alkanes) is 28. The summed E-state index contributed by atoms with van der Waals surface area (Å²) in [5, 5.41) is 0. The molecule has 0 amide bonds. The Morgan fingerprint density at radius 2 is 0.690 bits per heavy atom. The van der Waals surface area contributed by atoms with Crippen LogP contribution >= 0.6 is 0 Å². The van der Waals surface area contributed by atoms with Crippen molar-refractivity contribution in [1.29, 1.82) is 0 Å². The first-order chi connectivity index (χ1) is 28.5. The van der Waals surface area contributed by atoms with E-state index in [2.05, 4.69) is 57.2 Å². The summed E-state index contributed by atoms with van der Waals surface area (Å²) in [5.41, 5.74) is 0. The molecule has 0 spiro atoms. The Balaban J connectivity index is 4.29. The van der Waals surface area contributed by atoms with Crippen molar-refractivity contribution < 1.29 is 28.6 Å². The van der Waals surface area contributed by atoms with E-state index in [0.29, 0.717) is 19.3 Å². The van der Waals surface area contributed by atoms with Crippen LogP contribution in [0, 0.1) is 0 Å².